The van der Waals surface area contributed by atoms with E-state index in [4.69, 9.17) is 0 Å². The average Bonchev–Trinajstić information content (AvgIpc) is 2.71. The van der Waals surface area contributed by atoms with E-state index in [0.717, 1.165) is 0 Å². The van der Waals surface area contributed by atoms with Crippen LogP contribution < -0.4 is 0 Å². The van der Waals surface area contributed by atoms with Crippen LogP contribution in [0.25, 0.3) is 0 Å². The van der Waals surface area contributed by atoms with Gasteiger partial charge in [-0.2, -0.15) is 0 Å². The van der Waals surface area contributed by atoms with Crippen LogP contribution in [0.15, 0.2) is 0 Å². The lowest BCUT2D eigenvalue weighted by atomic mass is 10.0. The fraction of sp³-hybridized carbons (Fsp3) is 1.00. The van der Waals surface area contributed by atoms with E-state index in [0.29, 0.717) is 0 Å². The Balaban J connectivity index is 2.96. The third kappa shape index (κ3) is 26.0. The van der Waals surface area contributed by atoms with E-state index >= 15 is 0 Å². The Labute approximate surface area is 181 Å². The fourth-order valence-corrected chi connectivity index (χ4v) is 4.39. The van der Waals surface area contributed by atoms with Crippen molar-refractivity contribution in [1.29, 1.82) is 0 Å². The van der Waals surface area contributed by atoms with Crippen molar-refractivity contribution in [1.82, 2.24) is 0 Å². The lowest BCUT2D eigenvalue weighted by molar-refractivity contribution is 0.516. The summed E-state index contributed by atoms with van der Waals surface area (Å²) in [5.74, 6) is 0. The van der Waals surface area contributed by atoms with Gasteiger partial charge in [-0.05, 0) is 0 Å². The first-order chi connectivity index (χ1) is 13.9. The van der Waals surface area contributed by atoms with Crippen molar-refractivity contribution in [3.05, 3.63) is 0 Å². The number of hydrogen-bond donors (Lipinski definition) is 0. The molecule has 0 spiro atoms. The second-order valence-corrected chi connectivity index (χ2v) is 9.49. The van der Waals surface area contributed by atoms with Crippen LogP contribution in [0, 0.1) is 0 Å². The Morgan fingerprint density at radius 3 is 0.393 bits per heavy atom. The minimum Gasteiger partial charge on any atom is -0.0654 e. The highest BCUT2D eigenvalue weighted by Crippen LogP contribution is 2.15. The van der Waals surface area contributed by atoms with Crippen LogP contribution in [-0.4, -0.2) is 0 Å². The molecule has 0 aliphatic carbocycles. The standard InChI is InChI=1S/C28H58/c1-3-5-7-9-11-13-15-17-19-21-23-25-27-28-26-24-22-20-18-16-14-12-10-8-6-4-2/h3-28H2,1-2H3. The van der Waals surface area contributed by atoms with Gasteiger partial charge in [-0.15, -0.1) is 0 Å². The molecule has 0 saturated heterocycles. The van der Waals surface area contributed by atoms with Crippen LogP contribution in [0.5, 0.6) is 0 Å². The summed E-state index contributed by atoms with van der Waals surface area (Å²) in [6, 6.07) is 0. The SMILES string of the molecule is CCCCCCCCCCCCCCCCCCCCCCCCCCCC. The molecular weight excluding hydrogens is 336 g/mol. The molecule has 0 rings (SSSR count). The third-order valence-electron chi connectivity index (χ3n) is 6.46. The Kier molecular flexibility index (Phi) is 27.0. The van der Waals surface area contributed by atoms with Gasteiger partial charge in [-0.25, -0.2) is 0 Å². The van der Waals surface area contributed by atoms with Gasteiger partial charge in [0.1, 0.15) is 0 Å². The number of rotatable bonds is 25. The zero-order valence-electron chi connectivity index (χ0n) is 20.4. The molecule has 28 heavy (non-hydrogen) atoms. The number of hydrogen-bond acceptors (Lipinski definition) is 0. The molecule has 0 saturated carbocycles. The first-order valence-electron chi connectivity index (χ1n) is 13.9. The third-order valence-corrected chi connectivity index (χ3v) is 6.46. The summed E-state index contributed by atoms with van der Waals surface area (Å²) < 4.78 is 0. The molecule has 0 aliphatic rings. The first-order valence-corrected chi connectivity index (χ1v) is 13.9. The van der Waals surface area contributed by atoms with Crippen LogP contribution in [0.1, 0.15) is 181 Å². The smallest absolute Gasteiger partial charge is 0.0533 e. The van der Waals surface area contributed by atoms with Gasteiger partial charge in [0.25, 0.3) is 0 Å². The van der Waals surface area contributed by atoms with Crippen molar-refractivity contribution in [3.63, 3.8) is 0 Å². The molecule has 0 aliphatic heterocycles. The van der Waals surface area contributed by atoms with Gasteiger partial charge < -0.3 is 0 Å². The van der Waals surface area contributed by atoms with Gasteiger partial charge in [-0.3, -0.25) is 0 Å². The quantitative estimate of drug-likeness (QED) is 0.135. The number of unbranched alkanes of at least 4 members (excludes halogenated alkanes) is 25. The molecule has 0 heterocycles. The van der Waals surface area contributed by atoms with Crippen molar-refractivity contribution >= 4 is 0 Å². The molecule has 0 unspecified atom stereocenters. The van der Waals surface area contributed by atoms with Gasteiger partial charge >= 0.3 is 0 Å². The fourth-order valence-electron chi connectivity index (χ4n) is 4.39. The monoisotopic (exact) mass is 394 g/mol. The molecular formula is C28H58. The Morgan fingerprint density at radius 2 is 0.286 bits per heavy atom. The normalized spacial score (nSPS) is 11.4. The van der Waals surface area contributed by atoms with Crippen molar-refractivity contribution in [2.45, 2.75) is 181 Å². The minimum atomic E-state index is 1.37. The summed E-state index contributed by atoms with van der Waals surface area (Å²) >= 11 is 0. The minimum absolute atomic E-state index is 1.37. The van der Waals surface area contributed by atoms with E-state index in [1.165, 1.54) is 167 Å². The topological polar surface area (TPSA) is 0 Å². The molecule has 0 bridgehead atoms. The molecule has 0 atom stereocenters. The predicted molar refractivity (Wildman–Crippen MR) is 131 cm³/mol. The molecule has 0 amide bonds. The van der Waals surface area contributed by atoms with Crippen LogP contribution in [0.4, 0.5) is 0 Å². The molecule has 0 heteroatoms. The Bertz CT molecular complexity index is 218. The molecule has 0 aromatic rings. The average molecular weight is 395 g/mol. The van der Waals surface area contributed by atoms with Crippen LogP contribution in [0.3, 0.4) is 0 Å². The van der Waals surface area contributed by atoms with Gasteiger partial charge in [0.05, 0.1) is 0 Å². The van der Waals surface area contributed by atoms with E-state index in [1.807, 2.05) is 0 Å². The largest absolute Gasteiger partial charge is 0.0654 e. The van der Waals surface area contributed by atoms with Crippen LogP contribution in [0.2, 0.25) is 0 Å². The maximum absolute atomic E-state index is 2.30. The maximum Gasteiger partial charge on any atom is -0.0533 e. The highest BCUT2D eigenvalue weighted by molar-refractivity contribution is 4.51. The zero-order valence-corrected chi connectivity index (χ0v) is 20.4. The lowest BCUT2D eigenvalue weighted by Crippen LogP contribution is -1.84. The molecule has 0 radical (unpaired) electrons. The van der Waals surface area contributed by atoms with Crippen molar-refractivity contribution < 1.29 is 0 Å². The van der Waals surface area contributed by atoms with E-state index in [-0.39, 0.29) is 0 Å². The predicted octanol–water partition coefficient (Wildman–Crippen LogP) is 11.2. The van der Waals surface area contributed by atoms with Crippen molar-refractivity contribution in [2.24, 2.45) is 0 Å². The summed E-state index contributed by atoms with van der Waals surface area (Å²) in [5, 5.41) is 0. The van der Waals surface area contributed by atoms with Gasteiger partial charge in [-0.1, -0.05) is 181 Å². The van der Waals surface area contributed by atoms with Gasteiger partial charge in [0, 0.05) is 0 Å². The molecule has 0 nitrogen and oxygen atoms in total. The van der Waals surface area contributed by atoms with Crippen LogP contribution in [-0.2, 0) is 0 Å². The summed E-state index contributed by atoms with van der Waals surface area (Å²) in [5.41, 5.74) is 0. The highest BCUT2D eigenvalue weighted by atomic mass is 14.0. The maximum atomic E-state index is 2.30. The zero-order chi connectivity index (χ0) is 20.4. The second kappa shape index (κ2) is 27.0. The van der Waals surface area contributed by atoms with Crippen molar-refractivity contribution in [3.8, 4) is 0 Å². The summed E-state index contributed by atoms with van der Waals surface area (Å²) in [7, 11) is 0. The second-order valence-electron chi connectivity index (χ2n) is 9.49. The van der Waals surface area contributed by atoms with E-state index in [2.05, 4.69) is 13.8 Å². The van der Waals surface area contributed by atoms with E-state index in [1.54, 1.807) is 0 Å². The Morgan fingerprint density at radius 1 is 0.179 bits per heavy atom. The summed E-state index contributed by atoms with van der Waals surface area (Å²) in [4.78, 5) is 0. The molecule has 0 aromatic carbocycles. The first kappa shape index (κ1) is 28.0. The van der Waals surface area contributed by atoms with E-state index in [9.17, 15) is 0 Å². The van der Waals surface area contributed by atoms with E-state index < -0.39 is 0 Å². The molecule has 170 valence electrons. The lowest BCUT2D eigenvalue weighted by Gasteiger charge is -2.04. The van der Waals surface area contributed by atoms with Crippen LogP contribution >= 0.6 is 0 Å². The molecule has 0 N–H and O–H groups in total. The summed E-state index contributed by atoms with van der Waals surface area (Å²) in [6.07, 6.45) is 38.4. The summed E-state index contributed by atoms with van der Waals surface area (Å²) in [6.45, 7) is 4.61. The highest BCUT2D eigenvalue weighted by Gasteiger charge is 1.96. The van der Waals surface area contributed by atoms with Crippen molar-refractivity contribution in [2.75, 3.05) is 0 Å². The van der Waals surface area contributed by atoms with Gasteiger partial charge in [0.15, 0.2) is 0 Å². The Hall–Kier alpha value is 0. The van der Waals surface area contributed by atoms with Gasteiger partial charge in [0.2, 0.25) is 0 Å². The molecule has 0 aromatic heterocycles. The molecule has 0 fully saturated rings.